The molecule has 0 bridgehead atoms. The van der Waals surface area contributed by atoms with E-state index in [0.717, 1.165) is 4.90 Å². The molecular weight excluding hydrogens is 327 g/mol. The Balaban J connectivity index is 2.02. The molecule has 0 aliphatic heterocycles. The topological polar surface area (TPSA) is 34.1 Å². The molecule has 0 saturated carbocycles. The highest BCUT2D eigenvalue weighted by atomic mass is 35.5. The largest absolute Gasteiger partial charge is 0.288 e. The minimum Gasteiger partial charge on any atom is -0.288 e. The van der Waals surface area contributed by atoms with Crippen molar-refractivity contribution in [3.05, 3.63) is 74.6 Å². The summed E-state index contributed by atoms with van der Waals surface area (Å²) in [7, 11) is 0. The highest BCUT2D eigenvalue weighted by Crippen LogP contribution is 2.38. The van der Waals surface area contributed by atoms with Crippen molar-refractivity contribution in [1.82, 2.24) is 0 Å². The van der Waals surface area contributed by atoms with Gasteiger partial charge in [-0.2, -0.15) is 0 Å². The molecule has 0 unspecified atom stereocenters. The van der Waals surface area contributed by atoms with E-state index in [4.69, 9.17) is 23.2 Å². The van der Waals surface area contributed by atoms with Crippen LogP contribution < -0.4 is 0 Å². The number of hydrogen-bond donors (Lipinski definition) is 0. The Morgan fingerprint density at radius 3 is 1.95 bits per heavy atom. The molecule has 0 N–H and O–H groups in total. The number of hydrogen-bond acceptors (Lipinski definition) is 3. The summed E-state index contributed by atoms with van der Waals surface area (Å²) in [6, 6.07) is 13.7. The molecule has 0 spiro atoms. The Labute approximate surface area is 135 Å². The van der Waals surface area contributed by atoms with Crippen molar-refractivity contribution in [2.75, 3.05) is 0 Å². The molecule has 21 heavy (non-hydrogen) atoms. The first-order chi connectivity index (χ1) is 10.1. The zero-order valence-electron chi connectivity index (χ0n) is 10.6. The number of allylic oxidation sites excluding steroid dienone is 2. The zero-order valence-corrected chi connectivity index (χ0v) is 12.9. The van der Waals surface area contributed by atoms with Crippen LogP contribution in [0.1, 0.15) is 20.7 Å². The van der Waals surface area contributed by atoms with Gasteiger partial charge >= 0.3 is 0 Å². The van der Waals surface area contributed by atoms with E-state index in [1.165, 1.54) is 11.8 Å². The van der Waals surface area contributed by atoms with Crippen molar-refractivity contribution < 1.29 is 9.59 Å². The van der Waals surface area contributed by atoms with Crippen LogP contribution in [0.3, 0.4) is 0 Å². The Morgan fingerprint density at radius 1 is 0.762 bits per heavy atom. The average molecular weight is 335 g/mol. The Morgan fingerprint density at radius 2 is 1.33 bits per heavy atom. The summed E-state index contributed by atoms with van der Waals surface area (Å²) in [5.74, 6) is -0.543. The van der Waals surface area contributed by atoms with E-state index in [-0.39, 0.29) is 21.5 Å². The third-order valence-electron chi connectivity index (χ3n) is 3.05. The lowest BCUT2D eigenvalue weighted by Crippen LogP contribution is -2.18. The first-order valence-electron chi connectivity index (χ1n) is 6.09. The van der Waals surface area contributed by atoms with Gasteiger partial charge in [-0.25, -0.2) is 0 Å². The molecule has 0 fully saturated rings. The normalized spacial score (nSPS) is 14.4. The van der Waals surface area contributed by atoms with Gasteiger partial charge in [-0.15, -0.1) is 0 Å². The van der Waals surface area contributed by atoms with Crippen molar-refractivity contribution >= 4 is 46.5 Å². The SMILES string of the molecule is O=C1C(Cl)=C(Sc2ccc(Cl)cc2)C(=O)c2ccccc21. The molecule has 104 valence electrons. The molecular formula is C16H8Cl2O2S. The lowest BCUT2D eigenvalue weighted by molar-refractivity contribution is 0.0987. The summed E-state index contributed by atoms with van der Waals surface area (Å²) in [5, 5.41) is 0.578. The van der Waals surface area contributed by atoms with Gasteiger partial charge in [0, 0.05) is 21.0 Å². The number of rotatable bonds is 2. The maximum atomic E-state index is 12.5. The van der Waals surface area contributed by atoms with Gasteiger partial charge in [-0.1, -0.05) is 59.2 Å². The van der Waals surface area contributed by atoms with Gasteiger partial charge < -0.3 is 0 Å². The van der Waals surface area contributed by atoms with Gasteiger partial charge in [0.1, 0.15) is 5.03 Å². The highest BCUT2D eigenvalue weighted by molar-refractivity contribution is 8.04. The summed E-state index contributed by atoms with van der Waals surface area (Å²) >= 11 is 13.1. The van der Waals surface area contributed by atoms with Crippen molar-refractivity contribution in [2.24, 2.45) is 0 Å². The smallest absolute Gasteiger partial charge is 0.206 e. The Hall–Kier alpha value is -1.55. The fourth-order valence-electron chi connectivity index (χ4n) is 2.03. The molecule has 2 nitrogen and oxygen atoms in total. The van der Waals surface area contributed by atoms with Gasteiger partial charge in [-0.05, 0) is 24.3 Å². The van der Waals surface area contributed by atoms with Crippen molar-refractivity contribution in [2.45, 2.75) is 4.90 Å². The number of fused-ring (bicyclic) bond motifs is 1. The van der Waals surface area contributed by atoms with E-state index in [0.29, 0.717) is 16.1 Å². The average Bonchev–Trinajstić information content (AvgIpc) is 2.51. The number of thioether (sulfide) groups is 1. The molecule has 0 heterocycles. The van der Waals surface area contributed by atoms with E-state index in [9.17, 15) is 9.59 Å². The van der Waals surface area contributed by atoms with Crippen LogP contribution in [0.5, 0.6) is 0 Å². The van der Waals surface area contributed by atoms with E-state index in [2.05, 4.69) is 0 Å². The van der Waals surface area contributed by atoms with Crippen molar-refractivity contribution in [3.8, 4) is 0 Å². The molecule has 0 atom stereocenters. The second kappa shape index (κ2) is 5.68. The molecule has 5 heteroatoms. The molecule has 2 aromatic rings. The van der Waals surface area contributed by atoms with Crippen LogP contribution in [-0.2, 0) is 0 Å². The summed E-state index contributed by atoms with van der Waals surface area (Å²) in [6.07, 6.45) is 0. The number of benzene rings is 2. The molecule has 2 aromatic carbocycles. The van der Waals surface area contributed by atoms with Gasteiger partial charge in [0.05, 0.1) is 4.91 Å². The van der Waals surface area contributed by atoms with E-state index in [1.54, 1.807) is 48.5 Å². The predicted molar refractivity (Wildman–Crippen MR) is 85.3 cm³/mol. The zero-order chi connectivity index (χ0) is 15.0. The quantitative estimate of drug-likeness (QED) is 0.778. The number of halogens is 2. The highest BCUT2D eigenvalue weighted by Gasteiger charge is 2.31. The fourth-order valence-corrected chi connectivity index (χ4v) is 3.36. The number of Topliss-reactive ketones (excluding diaryl/α,β-unsaturated/α-hetero) is 2. The second-order valence-electron chi connectivity index (χ2n) is 4.40. The van der Waals surface area contributed by atoms with Crippen LogP contribution in [-0.4, -0.2) is 11.6 Å². The molecule has 0 amide bonds. The maximum absolute atomic E-state index is 12.5. The number of carbonyl (C=O) groups excluding carboxylic acids is 2. The van der Waals surface area contributed by atoms with Crippen molar-refractivity contribution in [1.29, 1.82) is 0 Å². The first kappa shape index (κ1) is 14.4. The predicted octanol–water partition coefficient (Wildman–Crippen LogP) is 4.96. The molecule has 1 aliphatic rings. The monoisotopic (exact) mass is 334 g/mol. The van der Waals surface area contributed by atoms with Gasteiger partial charge in [0.15, 0.2) is 0 Å². The minimum atomic E-state index is -0.316. The molecule has 0 radical (unpaired) electrons. The summed E-state index contributed by atoms with van der Waals surface area (Å²) in [4.78, 5) is 25.8. The van der Waals surface area contributed by atoms with Crippen LogP contribution in [0, 0.1) is 0 Å². The van der Waals surface area contributed by atoms with Gasteiger partial charge in [0.2, 0.25) is 11.6 Å². The second-order valence-corrected chi connectivity index (χ2v) is 6.30. The van der Waals surface area contributed by atoms with Crippen LogP contribution in [0.2, 0.25) is 5.02 Å². The standard InChI is InChI=1S/C16H8Cl2O2S/c17-9-5-7-10(8-6-9)21-16-13(18)14(19)11-3-1-2-4-12(11)15(16)20/h1-8H. The summed E-state index contributed by atoms with van der Waals surface area (Å²) in [5.41, 5.74) is 0.747. The maximum Gasteiger partial charge on any atom is 0.206 e. The fraction of sp³-hybridized carbons (Fsp3) is 0. The third kappa shape index (κ3) is 2.64. The summed E-state index contributed by atoms with van der Waals surface area (Å²) < 4.78 is 0. The van der Waals surface area contributed by atoms with Crippen LogP contribution in [0.15, 0.2) is 63.4 Å². The van der Waals surface area contributed by atoms with Crippen molar-refractivity contribution in [3.63, 3.8) is 0 Å². The van der Waals surface area contributed by atoms with E-state index >= 15 is 0 Å². The van der Waals surface area contributed by atoms with Crippen LogP contribution in [0.25, 0.3) is 0 Å². The Bertz CT molecular complexity index is 779. The van der Waals surface area contributed by atoms with E-state index in [1.807, 2.05) is 0 Å². The van der Waals surface area contributed by atoms with Gasteiger partial charge in [-0.3, -0.25) is 9.59 Å². The number of carbonyl (C=O) groups is 2. The van der Waals surface area contributed by atoms with Gasteiger partial charge in [0.25, 0.3) is 0 Å². The van der Waals surface area contributed by atoms with Crippen LogP contribution >= 0.6 is 35.0 Å². The number of ketones is 2. The minimum absolute atomic E-state index is 0.0290. The Kier molecular flexibility index (Phi) is 3.89. The molecule has 0 aromatic heterocycles. The molecule has 0 saturated heterocycles. The molecule has 1 aliphatic carbocycles. The van der Waals surface area contributed by atoms with E-state index < -0.39 is 0 Å². The lowest BCUT2D eigenvalue weighted by atomic mass is 9.95. The third-order valence-corrected chi connectivity index (χ3v) is 4.88. The molecule has 3 rings (SSSR count). The summed E-state index contributed by atoms with van der Waals surface area (Å²) in [6.45, 7) is 0. The first-order valence-corrected chi connectivity index (χ1v) is 7.67. The lowest BCUT2D eigenvalue weighted by Gasteiger charge is -2.17. The van der Waals surface area contributed by atoms with Crippen LogP contribution in [0.4, 0.5) is 0 Å².